The number of azo groups is 4. The Bertz CT molecular complexity index is 4940. The number of nitrogen functional groups attached to an aromatic ring is 2. The highest BCUT2D eigenvalue weighted by Gasteiger charge is 2.27. The average Bonchev–Trinajstić information content (AvgIpc) is 0.772. The van der Waals surface area contributed by atoms with Gasteiger partial charge in [0.1, 0.15) is 39.3 Å². The summed E-state index contributed by atoms with van der Waals surface area (Å²) >= 11 is 0. The Hall–Kier alpha value is -10.3. The van der Waals surface area contributed by atoms with Crippen LogP contribution in [0.3, 0.4) is 0 Å². The summed E-state index contributed by atoms with van der Waals surface area (Å²) in [6.07, 6.45) is 2.60. The Morgan fingerprint density at radius 3 is 1.55 bits per heavy atom. The van der Waals surface area contributed by atoms with Gasteiger partial charge >= 0.3 is 11.9 Å². The number of fused-ring (bicyclic) bond motifs is 2. The number of carbonyl (C=O) groups is 3. The number of nitrogens with two attached hydrogens (primary N) is 2. The van der Waals surface area contributed by atoms with E-state index in [0.717, 1.165) is 33.5 Å². The highest BCUT2D eigenvalue weighted by atomic mass is 32.2. The lowest BCUT2D eigenvalue weighted by Gasteiger charge is -2.13. The first-order chi connectivity index (χ1) is 43.0. The zero-order chi connectivity index (χ0) is 66.3. The number of esters is 2. The minimum atomic E-state index is -4.85. The summed E-state index contributed by atoms with van der Waals surface area (Å²) in [6.45, 7) is 1.55. The van der Waals surface area contributed by atoms with Gasteiger partial charge in [-0.25, -0.2) is 9.59 Å². The van der Waals surface area contributed by atoms with E-state index < -0.39 is 96.6 Å². The van der Waals surface area contributed by atoms with Gasteiger partial charge in [-0.1, -0.05) is 24.3 Å². The van der Waals surface area contributed by atoms with Crippen LogP contribution < -0.4 is 11.5 Å². The summed E-state index contributed by atoms with van der Waals surface area (Å²) < 4.78 is 147. The van der Waals surface area contributed by atoms with E-state index in [9.17, 15) is 67.4 Å². The molecule has 0 saturated carbocycles. The van der Waals surface area contributed by atoms with Crippen molar-refractivity contribution in [3.05, 3.63) is 154 Å². The molecule has 0 bridgehead atoms. The quantitative estimate of drug-likeness (QED) is 0.00506. The van der Waals surface area contributed by atoms with Gasteiger partial charge in [0.25, 0.3) is 46.9 Å². The number of ether oxygens (including phenoxy) is 3. The van der Waals surface area contributed by atoms with Gasteiger partial charge in [-0.3, -0.25) is 22.3 Å². The van der Waals surface area contributed by atoms with Crippen molar-refractivity contribution in [2.75, 3.05) is 39.9 Å². The maximum Gasteiger partial charge on any atom is 0.337 e. The zero-order valence-corrected chi connectivity index (χ0v) is 51.2. The lowest BCUT2D eigenvalue weighted by atomic mass is 10.0. The van der Waals surface area contributed by atoms with Crippen LogP contribution in [0.1, 0.15) is 54.1 Å². The third-order valence-electron chi connectivity index (χ3n) is 13.1. The van der Waals surface area contributed by atoms with Crippen molar-refractivity contribution in [2.24, 2.45) is 40.9 Å². The number of aryl methyl sites for hydroxylation is 1. The Kier molecular flexibility index (Phi) is 19.9. The highest BCUT2D eigenvalue weighted by Crippen LogP contribution is 2.48. The number of methoxy groups -OCH3 is 2. The van der Waals surface area contributed by atoms with E-state index in [1.54, 1.807) is 6.92 Å². The van der Waals surface area contributed by atoms with Crippen molar-refractivity contribution in [3.8, 4) is 11.5 Å². The monoisotopic (exact) mass is 1320 g/mol. The number of hydrogen-bond donors (Lipinski definition) is 6. The lowest BCUT2D eigenvalue weighted by molar-refractivity contribution is -0.129. The number of benzene rings is 8. The molecule has 0 aromatic heterocycles. The number of rotatable bonds is 23. The topological polar surface area (TPSA) is 466 Å². The molecule has 30 nitrogen and oxygen atoms in total. The predicted octanol–water partition coefficient (Wildman–Crippen LogP) is 11.4. The van der Waals surface area contributed by atoms with Gasteiger partial charge in [-0.05, 0) is 132 Å². The molecule has 0 aliphatic rings. The molecule has 472 valence electrons. The maximum absolute atomic E-state index is 13.5. The smallest absolute Gasteiger partial charge is 0.337 e. The summed E-state index contributed by atoms with van der Waals surface area (Å²) in [5, 5.41) is 56.1. The van der Waals surface area contributed by atoms with Crippen molar-refractivity contribution in [3.63, 3.8) is 0 Å². The van der Waals surface area contributed by atoms with Gasteiger partial charge in [0, 0.05) is 27.7 Å². The molecule has 0 amide bonds. The molecule has 8 aromatic carbocycles. The normalized spacial score (nSPS) is 12.6. The molecule has 0 fully saturated rings. The highest BCUT2D eigenvalue weighted by molar-refractivity contribution is 7.87. The molecule has 0 radical (unpaired) electrons. The van der Waals surface area contributed by atoms with Crippen LogP contribution >= 0.6 is 0 Å². The molecular weight excluding hydrogens is 1270 g/mol. The van der Waals surface area contributed by atoms with Crippen molar-refractivity contribution >= 4 is 149 Å². The molecular formula is C57H50N10O20S4. The van der Waals surface area contributed by atoms with Crippen LogP contribution in [0.4, 0.5) is 56.9 Å². The van der Waals surface area contributed by atoms with E-state index in [4.69, 9.17) is 34.0 Å². The number of phenols is 2. The largest absolute Gasteiger partial charge is 0.505 e. The fourth-order valence-electron chi connectivity index (χ4n) is 9.01. The van der Waals surface area contributed by atoms with Crippen molar-refractivity contribution < 1.29 is 90.0 Å². The molecule has 8 N–H and O–H groups in total. The summed E-state index contributed by atoms with van der Waals surface area (Å²) in [7, 11) is -14.8. The molecule has 34 heteroatoms. The van der Waals surface area contributed by atoms with E-state index in [1.807, 2.05) is 0 Å². The summed E-state index contributed by atoms with van der Waals surface area (Å²) in [6, 6.07) is 23.6. The zero-order valence-electron chi connectivity index (χ0n) is 47.9. The van der Waals surface area contributed by atoms with Gasteiger partial charge in [0.15, 0.2) is 11.5 Å². The second-order valence-corrected chi connectivity index (χ2v) is 25.5. The van der Waals surface area contributed by atoms with Crippen LogP contribution in [0.5, 0.6) is 11.5 Å². The Balaban J connectivity index is 1.13. The van der Waals surface area contributed by atoms with Crippen LogP contribution in [0, 0.1) is 6.92 Å². The number of hydrogen-bond acceptors (Lipinski definition) is 28. The fraction of sp³-hybridized carbons (Fsp3) is 0.140. The van der Waals surface area contributed by atoms with Gasteiger partial charge in [-0.2, -0.15) is 54.1 Å². The molecule has 0 atom stereocenters. The Morgan fingerprint density at radius 2 is 0.989 bits per heavy atom. The molecule has 8 aromatic rings. The first kappa shape index (κ1) is 66.6. The van der Waals surface area contributed by atoms with E-state index >= 15 is 0 Å². The number of anilines is 2. The van der Waals surface area contributed by atoms with Crippen LogP contribution in [0.2, 0.25) is 0 Å². The third kappa shape index (κ3) is 15.8. The molecule has 0 aliphatic carbocycles. The molecule has 0 heterocycles. The van der Waals surface area contributed by atoms with Crippen molar-refractivity contribution in [1.29, 1.82) is 0 Å². The number of nitrogens with zero attached hydrogens (tertiary/aromatic N) is 8. The summed E-state index contributed by atoms with van der Waals surface area (Å²) in [5.41, 5.74) is 11.8. The lowest BCUT2D eigenvalue weighted by Crippen LogP contribution is -2.05. The van der Waals surface area contributed by atoms with Crippen LogP contribution in [0.15, 0.2) is 160 Å². The maximum atomic E-state index is 13.5. The minimum Gasteiger partial charge on any atom is -0.505 e. The SMILES string of the molecule is COC(=O)c1cc(COC=O)cc(N=Nc2c(CS(=O)(=O)O)cc3c(N=Nc4ccc(/C=C/c5ccc(N=Nc6ccc(N)c7c(O)c(N=Nc8cc(C)cc(C(=O)OC)c8)c(S(=O)(=O)OC)cc67)cc5CS(=O)(=O)O)c(S(=O)(=O)OC)c4)ccc(N)c3c2O)c1. The van der Waals surface area contributed by atoms with Gasteiger partial charge in [-0.15, -0.1) is 20.5 Å². The molecule has 0 spiro atoms. The second kappa shape index (κ2) is 27.2. The third-order valence-corrected chi connectivity index (χ3v) is 17.0. The van der Waals surface area contributed by atoms with Gasteiger partial charge < -0.3 is 35.9 Å². The minimum absolute atomic E-state index is 0.0231. The van der Waals surface area contributed by atoms with E-state index in [-0.39, 0.29) is 119 Å². The molecule has 0 aliphatic heterocycles. The van der Waals surface area contributed by atoms with Crippen LogP contribution in [-0.4, -0.2) is 99.8 Å². The van der Waals surface area contributed by atoms with Crippen LogP contribution in [-0.2, 0) is 86.0 Å². The van der Waals surface area contributed by atoms with Crippen molar-refractivity contribution in [1.82, 2.24) is 0 Å². The molecule has 8 rings (SSSR count). The number of phenolic OH excluding ortho intramolecular Hbond substituents is 2. The van der Waals surface area contributed by atoms with E-state index in [2.05, 4.69) is 40.9 Å². The second-order valence-electron chi connectivity index (χ2n) is 19.3. The summed E-state index contributed by atoms with van der Waals surface area (Å²) in [5.74, 6) is -5.08. The Morgan fingerprint density at radius 1 is 0.505 bits per heavy atom. The average molecular weight is 1320 g/mol. The fourth-order valence-corrected chi connectivity index (χ4v) is 12.0. The number of aromatic hydroxyl groups is 2. The summed E-state index contributed by atoms with van der Waals surface area (Å²) in [4.78, 5) is 34.4. The molecule has 0 saturated heterocycles. The predicted molar refractivity (Wildman–Crippen MR) is 329 cm³/mol. The van der Waals surface area contributed by atoms with Crippen LogP contribution in [0.25, 0.3) is 33.7 Å². The van der Waals surface area contributed by atoms with Crippen molar-refractivity contribution in [2.45, 2.75) is 34.8 Å². The standard InChI is InChI=1S/C57H50N10O20S4/c1-30-16-34(56(71)83-2)20-40(17-30)62-67-53-49(91(81,82)86-5)25-43-47(15-13-45(59)51(43)55(53)70)65-60-38-10-8-32(36(22-38)27-88(73,74)75)6-7-33-9-11-39(24-48(33)90(79,80)85-4)61-64-46-14-12-44(58)50-42(46)23-37(28-89(76,77)78)52(54(50)69)66-63-41-19-31(26-87-29-68)18-35(21-41)57(72)84-3/h6-25,29,69-70H,26-28,58-59H2,1-5H3,(H,73,74,75)(H,76,77,78)/b7-6+,64-61?,65-60?,66-63?,67-62?. The molecule has 0 unspecified atom stereocenters. The molecule has 91 heavy (non-hydrogen) atoms. The number of carbonyl (C=O) groups excluding carboxylic acids is 3. The van der Waals surface area contributed by atoms with Gasteiger partial charge in [0.05, 0.1) is 84.5 Å². The first-order valence-corrected chi connectivity index (χ1v) is 31.8. The van der Waals surface area contributed by atoms with Gasteiger partial charge in [0.2, 0.25) is 0 Å². The first-order valence-electron chi connectivity index (χ1n) is 25.7. The van der Waals surface area contributed by atoms with E-state index in [0.29, 0.717) is 5.56 Å². The Labute approximate surface area is 517 Å². The van der Waals surface area contributed by atoms with E-state index in [1.165, 1.54) is 116 Å².